The highest BCUT2D eigenvalue weighted by Gasteiger charge is 2.19. The number of carbonyl (C=O) groups is 1. The minimum absolute atomic E-state index is 0.269. The fraction of sp³-hybridized carbons (Fsp3) is 0.133. The summed E-state index contributed by atoms with van der Waals surface area (Å²) in [6.45, 7) is 0. The number of nitrogens with two attached hydrogens (primary N) is 1. The average Bonchev–Trinajstić information content (AvgIpc) is 3.14. The van der Waals surface area contributed by atoms with E-state index in [-0.39, 0.29) is 5.76 Å². The largest absolute Gasteiger partial charge is 0.468 e. The Morgan fingerprint density at radius 2 is 2.05 bits per heavy atom. The predicted octanol–water partition coefficient (Wildman–Crippen LogP) is 3.06. The van der Waals surface area contributed by atoms with Crippen LogP contribution in [-0.4, -0.2) is 5.91 Å². The van der Waals surface area contributed by atoms with Gasteiger partial charge >= 0.3 is 5.91 Å². The van der Waals surface area contributed by atoms with Crippen LogP contribution >= 0.6 is 11.8 Å². The van der Waals surface area contributed by atoms with Crippen molar-refractivity contribution >= 4 is 28.6 Å². The van der Waals surface area contributed by atoms with Crippen molar-refractivity contribution < 1.29 is 13.6 Å². The number of carbonyl (C=O) groups excluding carboxylic acids is 1. The van der Waals surface area contributed by atoms with Gasteiger partial charge in [-0.2, -0.15) is 0 Å². The number of hydrogen-bond donors (Lipinski definition) is 2. The van der Waals surface area contributed by atoms with Gasteiger partial charge in [-0.1, -0.05) is 18.2 Å². The minimum atomic E-state index is -0.417. The molecule has 3 rings (SSSR count). The van der Waals surface area contributed by atoms with Gasteiger partial charge in [0.05, 0.1) is 12.0 Å². The molecule has 3 aromatic rings. The van der Waals surface area contributed by atoms with Crippen LogP contribution in [0.2, 0.25) is 0 Å². The van der Waals surface area contributed by atoms with E-state index in [1.54, 1.807) is 18.0 Å². The first kappa shape index (κ1) is 13.8. The third-order valence-electron chi connectivity index (χ3n) is 3.11. The van der Waals surface area contributed by atoms with Gasteiger partial charge < -0.3 is 8.83 Å². The number of furan rings is 2. The number of benzene rings is 1. The zero-order valence-electron chi connectivity index (χ0n) is 11.2. The first-order valence-electron chi connectivity index (χ1n) is 6.41. The summed E-state index contributed by atoms with van der Waals surface area (Å²) in [5.41, 5.74) is 3.66. The number of thioether (sulfide) groups is 1. The summed E-state index contributed by atoms with van der Waals surface area (Å²) in [4.78, 5) is 11.8. The molecule has 0 atom stereocenters. The summed E-state index contributed by atoms with van der Waals surface area (Å²) in [6.07, 6.45) is 1.65. The molecular weight excluding hydrogens is 288 g/mol. The van der Waals surface area contributed by atoms with Gasteiger partial charge in [0.2, 0.25) is 0 Å². The van der Waals surface area contributed by atoms with Crippen LogP contribution in [0, 0.1) is 0 Å². The Labute approximate surface area is 125 Å². The molecule has 0 aliphatic rings. The zero-order valence-corrected chi connectivity index (χ0v) is 12.0. The molecule has 0 saturated heterocycles. The minimum Gasteiger partial charge on any atom is -0.468 e. The van der Waals surface area contributed by atoms with Crippen molar-refractivity contribution in [3.63, 3.8) is 0 Å². The second kappa shape index (κ2) is 6.07. The number of hydrazine groups is 1. The van der Waals surface area contributed by atoms with Crippen molar-refractivity contribution in [2.45, 2.75) is 11.5 Å². The topological polar surface area (TPSA) is 81.4 Å². The third kappa shape index (κ3) is 2.81. The molecule has 0 unspecified atom stereocenters. The Bertz CT molecular complexity index is 749. The highest BCUT2D eigenvalue weighted by molar-refractivity contribution is 7.97. The van der Waals surface area contributed by atoms with E-state index in [1.165, 1.54) is 0 Å². The van der Waals surface area contributed by atoms with Crippen molar-refractivity contribution in [2.24, 2.45) is 5.84 Å². The molecule has 0 fully saturated rings. The maximum atomic E-state index is 11.8. The van der Waals surface area contributed by atoms with Gasteiger partial charge in [-0.3, -0.25) is 10.2 Å². The van der Waals surface area contributed by atoms with Gasteiger partial charge in [-0.25, -0.2) is 5.84 Å². The first-order valence-corrected chi connectivity index (χ1v) is 7.56. The molecule has 2 aromatic heterocycles. The summed E-state index contributed by atoms with van der Waals surface area (Å²) in [7, 11) is 0. The third-order valence-corrected chi connectivity index (χ3v) is 4.09. The second-order valence-electron chi connectivity index (χ2n) is 4.45. The van der Waals surface area contributed by atoms with E-state index in [0.29, 0.717) is 11.3 Å². The molecule has 0 radical (unpaired) electrons. The normalized spacial score (nSPS) is 10.9. The Kier molecular flexibility index (Phi) is 3.98. The maximum absolute atomic E-state index is 11.8. The standard InChI is InChI=1S/C15H14N2O3S/c16-17-15(18)14-12(9-21-8-10-4-3-7-19-10)11-5-1-2-6-13(11)20-14/h1-7H,8-9,16H2,(H,17,18). The van der Waals surface area contributed by atoms with Crippen LogP contribution in [0.1, 0.15) is 21.9 Å². The lowest BCUT2D eigenvalue weighted by molar-refractivity contribution is 0.0927. The second-order valence-corrected chi connectivity index (χ2v) is 5.44. The summed E-state index contributed by atoms with van der Waals surface area (Å²) in [5.74, 6) is 7.34. The van der Waals surface area contributed by atoms with Crippen LogP contribution in [0.5, 0.6) is 0 Å². The van der Waals surface area contributed by atoms with Crippen molar-refractivity contribution in [3.05, 3.63) is 59.7 Å². The molecule has 3 N–H and O–H groups in total. The van der Waals surface area contributed by atoms with Gasteiger partial charge in [0.15, 0.2) is 5.76 Å². The van der Waals surface area contributed by atoms with Crippen LogP contribution in [0.4, 0.5) is 0 Å². The Hall–Kier alpha value is -2.18. The Balaban J connectivity index is 1.86. The van der Waals surface area contributed by atoms with E-state index < -0.39 is 5.91 Å². The fourth-order valence-electron chi connectivity index (χ4n) is 2.14. The van der Waals surface area contributed by atoms with Gasteiger partial charge in [-0.15, -0.1) is 11.8 Å². The summed E-state index contributed by atoms with van der Waals surface area (Å²) < 4.78 is 10.9. The maximum Gasteiger partial charge on any atom is 0.301 e. The average molecular weight is 302 g/mol. The van der Waals surface area contributed by atoms with Crippen molar-refractivity contribution in [1.82, 2.24) is 5.43 Å². The van der Waals surface area contributed by atoms with Crippen LogP contribution in [0.25, 0.3) is 11.0 Å². The molecule has 0 spiro atoms. The van der Waals surface area contributed by atoms with Crippen molar-refractivity contribution in [1.29, 1.82) is 0 Å². The smallest absolute Gasteiger partial charge is 0.301 e. The molecule has 0 aliphatic heterocycles. The first-order chi connectivity index (χ1) is 10.3. The van der Waals surface area contributed by atoms with Gasteiger partial charge in [0.1, 0.15) is 11.3 Å². The van der Waals surface area contributed by atoms with Crippen molar-refractivity contribution in [2.75, 3.05) is 0 Å². The van der Waals surface area contributed by atoms with E-state index in [1.807, 2.05) is 36.4 Å². The number of amides is 1. The van der Waals surface area contributed by atoms with Gasteiger partial charge in [-0.05, 0) is 18.2 Å². The zero-order chi connectivity index (χ0) is 14.7. The van der Waals surface area contributed by atoms with Gasteiger partial charge in [0.25, 0.3) is 0 Å². The lowest BCUT2D eigenvalue weighted by atomic mass is 10.1. The quantitative estimate of drug-likeness (QED) is 0.430. The number of para-hydroxylation sites is 1. The SMILES string of the molecule is NNC(=O)c1oc2ccccc2c1CSCc1ccco1. The Morgan fingerprint density at radius 3 is 2.81 bits per heavy atom. The van der Waals surface area contributed by atoms with Crippen LogP contribution in [-0.2, 0) is 11.5 Å². The number of fused-ring (bicyclic) bond motifs is 1. The number of rotatable bonds is 5. The molecule has 2 heterocycles. The summed E-state index contributed by atoms with van der Waals surface area (Å²) in [6, 6.07) is 11.3. The fourth-order valence-corrected chi connectivity index (χ4v) is 3.10. The van der Waals surface area contributed by atoms with Crippen LogP contribution < -0.4 is 11.3 Å². The number of nitrogen functional groups attached to an aromatic ring is 1. The molecule has 0 saturated carbocycles. The van der Waals surface area contributed by atoms with Gasteiger partial charge in [0, 0.05) is 16.7 Å². The highest BCUT2D eigenvalue weighted by atomic mass is 32.2. The number of nitrogens with one attached hydrogen (secondary N) is 1. The van der Waals surface area contributed by atoms with E-state index in [9.17, 15) is 4.79 Å². The molecule has 21 heavy (non-hydrogen) atoms. The van der Waals surface area contributed by atoms with Crippen LogP contribution in [0.3, 0.4) is 0 Å². The lowest BCUT2D eigenvalue weighted by Crippen LogP contribution is -2.30. The molecule has 108 valence electrons. The molecule has 0 aliphatic carbocycles. The predicted molar refractivity (Wildman–Crippen MR) is 81.6 cm³/mol. The van der Waals surface area contributed by atoms with Crippen LogP contribution in [0.15, 0.2) is 51.5 Å². The molecule has 0 bridgehead atoms. The van der Waals surface area contributed by atoms with E-state index >= 15 is 0 Å². The molecular formula is C15H14N2O3S. The van der Waals surface area contributed by atoms with E-state index in [2.05, 4.69) is 5.43 Å². The summed E-state index contributed by atoms with van der Waals surface area (Å²) in [5, 5.41) is 0.933. The lowest BCUT2D eigenvalue weighted by Gasteiger charge is -2.01. The van der Waals surface area contributed by atoms with Crippen molar-refractivity contribution in [3.8, 4) is 0 Å². The van der Waals surface area contributed by atoms with E-state index in [0.717, 1.165) is 22.5 Å². The summed E-state index contributed by atoms with van der Waals surface area (Å²) >= 11 is 1.65. The number of hydrogen-bond acceptors (Lipinski definition) is 5. The monoisotopic (exact) mass is 302 g/mol. The molecule has 1 aromatic carbocycles. The Morgan fingerprint density at radius 1 is 1.19 bits per heavy atom. The molecule has 6 heteroatoms. The van der Waals surface area contributed by atoms with E-state index in [4.69, 9.17) is 14.7 Å². The molecule has 5 nitrogen and oxygen atoms in total. The highest BCUT2D eigenvalue weighted by Crippen LogP contribution is 2.30. The molecule has 1 amide bonds.